The molecule has 2 aromatic carbocycles. The summed E-state index contributed by atoms with van der Waals surface area (Å²) in [6.07, 6.45) is 3.27. The van der Waals surface area contributed by atoms with Gasteiger partial charge in [-0.1, -0.05) is 18.2 Å². The molecule has 6 heteroatoms. The van der Waals surface area contributed by atoms with E-state index in [1.165, 1.54) is 6.33 Å². The fourth-order valence-corrected chi connectivity index (χ4v) is 2.93. The van der Waals surface area contributed by atoms with Crippen molar-refractivity contribution in [2.24, 2.45) is 0 Å². The van der Waals surface area contributed by atoms with E-state index in [-0.39, 0.29) is 0 Å². The van der Waals surface area contributed by atoms with Crippen LogP contribution in [-0.2, 0) is 0 Å². The van der Waals surface area contributed by atoms with E-state index in [2.05, 4.69) is 50.7 Å². The minimum atomic E-state index is 0.458. The zero-order valence-corrected chi connectivity index (χ0v) is 15.2. The Bertz CT molecular complexity index is 1120. The molecular formula is C21H20N6. The third-order valence-electron chi connectivity index (χ3n) is 4.43. The number of pyridine rings is 1. The molecule has 0 bridgehead atoms. The smallest absolute Gasteiger partial charge is 0.159 e. The van der Waals surface area contributed by atoms with E-state index in [9.17, 15) is 0 Å². The van der Waals surface area contributed by atoms with Crippen molar-refractivity contribution < 1.29 is 0 Å². The van der Waals surface area contributed by atoms with Gasteiger partial charge in [-0.25, -0.2) is 9.97 Å². The van der Waals surface area contributed by atoms with Crippen molar-refractivity contribution >= 4 is 39.6 Å². The standard InChI is InChI=1S/C21H20N6/c1-13-8-9-14(2)18(11-13)27-21-19(22)20(24-12-25-21)26-17-7-3-6-16-15(17)5-4-10-23-16/h3-12H,22H2,1-2H3,(H2,24,25,26,27). The topological polar surface area (TPSA) is 88.8 Å². The molecule has 0 radical (unpaired) electrons. The van der Waals surface area contributed by atoms with Gasteiger partial charge in [0, 0.05) is 23.0 Å². The number of nitrogens with two attached hydrogens (primary N) is 1. The average molecular weight is 356 g/mol. The van der Waals surface area contributed by atoms with Gasteiger partial charge in [-0.3, -0.25) is 4.98 Å². The molecule has 4 aromatic rings. The molecule has 2 aromatic heterocycles. The Labute approximate surface area is 157 Å². The normalized spacial score (nSPS) is 10.7. The fraction of sp³-hybridized carbons (Fsp3) is 0.0952. The molecule has 0 unspecified atom stereocenters. The Morgan fingerprint density at radius 1 is 0.815 bits per heavy atom. The van der Waals surface area contributed by atoms with Crippen LogP contribution in [0, 0.1) is 13.8 Å². The van der Waals surface area contributed by atoms with E-state index in [1.54, 1.807) is 6.20 Å². The largest absolute Gasteiger partial charge is 0.393 e. The lowest BCUT2D eigenvalue weighted by atomic mass is 10.1. The van der Waals surface area contributed by atoms with Gasteiger partial charge in [0.1, 0.15) is 12.0 Å². The number of anilines is 5. The summed E-state index contributed by atoms with van der Waals surface area (Å²) in [6, 6.07) is 16.0. The average Bonchev–Trinajstić information content (AvgIpc) is 2.68. The number of nitrogens with zero attached hydrogens (tertiary/aromatic N) is 3. The first kappa shape index (κ1) is 16.8. The van der Waals surface area contributed by atoms with Crippen LogP contribution in [0.5, 0.6) is 0 Å². The highest BCUT2D eigenvalue weighted by molar-refractivity contribution is 5.94. The number of aryl methyl sites for hydroxylation is 2. The van der Waals surface area contributed by atoms with Gasteiger partial charge in [0.2, 0.25) is 0 Å². The number of nitrogens with one attached hydrogen (secondary N) is 2. The first-order valence-corrected chi connectivity index (χ1v) is 8.67. The fourth-order valence-electron chi connectivity index (χ4n) is 2.93. The number of benzene rings is 2. The molecule has 4 rings (SSSR count). The van der Waals surface area contributed by atoms with Gasteiger partial charge in [0.15, 0.2) is 11.6 Å². The van der Waals surface area contributed by atoms with Crippen molar-refractivity contribution in [3.05, 3.63) is 72.2 Å². The van der Waals surface area contributed by atoms with E-state index < -0.39 is 0 Å². The molecule has 0 aliphatic carbocycles. The van der Waals surface area contributed by atoms with Crippen LogP contribution in [-0.4, -0.2) is 15.0 Å². The van der Waals surface area contributed by atoms with Crippen LogP contribution in [0.4, 0.5) is 28.7 Å². The zero-order chi connectivity index (χ0) is 18.8. The van der Waals surface area contributed by atoms with E-state index in [0.29, 0.717) is 17.3 Å². The van der Waals surface area contributed by atoms with Gasteiger partial charge in [0.25, 0.3) is 0 Å². The lowest BCUT2D eigenvalue weighted by Gasteiger charge is -2.15. The van der Waals surface area contributed by atoms with E-state index in [0.717, 1.165) is 33.4 Å². The van der Waals surface area contributed by atoms with Gasteiger partial charge < -0.3 is 16.4 Å². The lowest BCUT2D eigenvalue weighted by molar-refractivity contribution is 1.17. The number of rotatable bonds is 4. The Balaban J connectivity index is 1.69. The highest BCUT2D eigenvalue weighted by Gasteiger charge is 2.11. The highest BCUT2D eigenvalue weighted by Crippen LogP contribution is 2.31. The Morgan fingerprint density at radius 2 is 1.59 bits per heavy atom. The van der Waals surface area contributed by atoms with Crippen LogP contribution in [0.3, 0.4) is 0 Å². The minimum Gasteiger partial charge on any atom is -0.393 e. The van der Waals surface area contributed by atoms with Crippen molar-refractivity contribution in [2.45, 2.75) is 13.8 Å². The highest BCUT2D eigenvalue weighted by atomic mass is 15.1. The maximum Gasteiger partial charge on any atom is 0.159 e. The number of fused-ring (bicyclic) bond motifs is 1. The Hall–Kier alpha value is -3.67. The Morgan fingerprint density at radius 3 is 2.41 bits per heavy atom. The second-order valence-corrected chi connectivity index (χ2v) is 6.43. The SMILES string of the molecule is Cc1ccc(C)c(Nc2ncnc(Nc3cccc4ncccc34)c2N)c1. The van der Waals surface area contributed by atoms with E-state index >= 15 is 0 Å². The summed E-state index contributed by atoms with van der Waals surface area (Å²) in [5.74, 6) is 1.12. The quantitative estimate of drug-likeness (QED) is 0.491. The van der Waals surface area contributed by atoms with Gasteiger partial charge in [-0.15, -0.1) is 0 Å². The van der Waals surface area contributed by atoms with Gasteiger partial charge >= 0.3 is 0 Å². The van der Waals surface area contributed by atoms with Crippen molar-refractivity contribution in [3.63, 3.8) is 0 Å². The molecule has 4 N–H and O–H groups in total. The lowest BCUT2D eigenvalue weighted by Crippen LogP contribution is -2.06. The third kappa shape index (κ3) is 3.37. The molecule has 2 heterocycles. The summed E-state index contributed by atoms with van der Waals surface area (Å²) in [6.45, 7) is 4.09. The molecule has 0 amide bonds. The molecule has 134 valence electrons. The summed E-state index contributed by atoms with van der Waals surface area (Å²) in [4.78, 5) is 13.0. The number of hydrogen-bond donors (Lipinski definition) is 3. The van der Waals surface area contributed by atoms with Crippen molar-refractivity contribution in [2.75, 3.05) is 16.4 Å². The molecule has 0 spiro atoms. The van der Waals surface area contributed by atoms with Gasteiger partial charge in [0.05, 0.1) is 5.52 Å². The molecule has 0 fully saturated rings. The van der Waals surface area contributed by atoms with Crippen LogP contribution in [0.1, 0.15) is 11.1 Å². The third-order valence-corrected chi connectivity index (χ3v) is 4.43. The summed E-state index contributed by atoms with van der Waals surface area (Å²) < 4.78 is 0. The predicted octanol–water partition coefficient (Wildman–Crippen LogP) is 4.71. The maximum atomic E-state index is 6.35. The molecule has 0 saturated heterocycles. The molecule has 0 aliphatic rings. The number of nitrogen functional groups attached to an aromatic ring is 1. The molecule has 27 heavy (non-hydrogen) atoms. The zero-order valence-electron chi connectivity index (χ0n) is 15.2. The number of hydrogen-bond acceptors (Lipinski definition) is 6. The van der Waals surface area contributed by atoms with Crippen LogP contribution in [0.25, 0.3) is 10.9 Å². The summed E-state index contributed by atoms with van der Waals surface area (Å²) in [7, 11) is 0. The maximum absolute atomic E-state index is 6.35. The van der Waals surface area contributed by atoms with Crippen molar-refractivity contribution in [3.8, 4) is 0 Å². The molecule has 6 nitrogen and oxygen atoms in total. The monoisotopic (exact) mass is 356 g/mol. The van der Waals surface area contributed by atoms with Crippen molar-refractivity contribution in [1.82, 2.24) is 15.0 Å². The first-order valence-electron chi connectivity index (χ1n) is 8.67. The molecular weight excluding hydrogens is 336 g/mol. The first-order chi connectivity index (χ1) is 13.1. The summed E-state index contributed by atoms with van der Waals surface area (Å²) >= 11 is 0. The van der Waals surface area contributed by atoms with Crippen LogP contribution in [0.2, 0.25) is 0 Å². The second kappa shape index (κ2) is 6.92. The van der Waals surface area contributed by atoms with Crippen molar-refractivity contribution in [1.29, 1.82) is 0 Å². The molecule has 0 atom stereocenters. The minimum absolute atomic E-state index is 0.458. The van der Waals surface area contributed by atoms with Crippen LogP contribution >= 0.6 is 0 Å². The van der Waals surface area contributed by atoms with E-state index in [1.807, 2.05) is 37.3 Å². The second-order valence-electron chi connectivity index (χ2n) is 6.43. The van der Waals surface area contributed by atoms with Crippen LogP contribution < -0.4 is 16.4 Å². The van der Waals surface area contributed by atoms with Crippen LogP contribution in [0.15, 0.2) is 61.1 Å². The summed E-state index contributed by atoms with van der Waals surface area (Å²) in [5.41, 5.74) is 11.9. The molecule has 0 aliphatic heterocycles. The predicted molar refractivity (Wildman–Crippen MR) is 111 cm³/mol. The van der Waals surface area contributed by atoms with Gasteiger partial charge in [-0.2, -0.15) is 0 Å². The summed E-state index contributed by atoms with van der Waals surface area (Å²) in [5, 5.41) is 7.63. The molecule has 0 saturated carbocycles. The van der Waals surface area contributed by atoms with E-state index in [4.69, 9.17) is 5.73 Å². The van der Waals surface area contributed by atoms with Gasteiger partial charge in [-0.05, 0) is 55.3 Å². The Kier molecular flexibility index (Phi) is 4.30. The number of aromatic nitrogens is 3.